The first-order valence-corrected chi connectivity index (χ1v) is 6.10. The van der Waals surface area contributed by atoms with E-state index in [0.29, 0.717) is 12.2 Å². The number of nitrogens with zero attached hydrogens (tertiary/aromatic N) is 2. The number of nitrogen functional groups attached to an aromatic ring is 1. The molecule has 0 unspecified atom stereocenters. The minimum Gasteiger partial charge on any atom is -0.368 e. The van der Waals surface area contributed by atoms with Crippen LogP contribution in [0.3, 0.4) is 0 Å². The summed E-state index contributed by atoms with van der Waals surface area (Å²) in [5.41, 5.74) is 8.66. The maximum atomic E-state index is 11.8. The maximum absolute atomic E-state index is 11.8. The van der Waals surface area contributed by atoms with Crippen LogP contribution in [0.4, 0.5) is 5.95 Å². The van der Waals surface area contributed by atoms with E-state index in [1.54, 1.807) is 6.07 Å². The van der Waals surface area contributed by atoms with Gasteiger partial charge in [0.15, 0.2) is 0 Å². The van der Waals surface area contributed by atoms with E-state index in [1.165, 1.54) is 0 Å². The molecule has 0 aliphatic heterocycles. The van der Waals surface area contributed by atoms with Crippen LogP contribution in [-0.4, -0.2) is 22.4 Å². The number of aryl methyl sites for hydroxylation is 1. The molecule has 19 heavy (non-hydrogen) atoms. The summed E-state index contributed by atoms with van der Waals surface area (Å²) in [6.45, 7) is 4.41. The molecule has 2 rings (SSSR count). The van der Waals surface area contributed by atoms with Gasteiger partial charge in [-0.1, -0.05) is 29.8 Å². The zero-order chi connectivity index (χ0) is 13.8. The molecule has 0 fully saturated rings. The molecular formula is C14H16N4O. The lowest BCUT2D eigenvalue weighted by Crippen LogP contribution is -2.24. The predicted octanol–water partition coefficient (Wildman–Crippen LogP) is 1.78. The second-order valence-electron chi connectivity index (χ2n) is 4.22. The minimum absolute atomic E-state index is 0.0966. The van der Waals surface area contributed by atoms with Crippen LogP contribution in [0.5, 0.6) is 0 Å². The molecule has 0 spiro atoms. The molecule has 0 saturated heterocycles. The van der Waals surface area contributed by atoms with Crippen molar-refractivity contribution in [1.29, 1.82) is 0 Å². The Hall–Kier alpha value is -2.43. The molecule has 0 bridgehead atoms. The van der Waals surface area contributed by atoms with Gasteiger partial charge >= 0.3 is 0 Å². The molecular weight excluding hydrogens is 240 g/mol. The van der Waals surface area contributed by atoms with Gasteiger partial charge in [0.25, 0.3) is 5.91 Å². The molecule has 5 nitrogen and oxygen atoms in total. The third-order valence-corrected chi connectivity index (χ3v) is 2.66. The van der Waals surface area contributed by atoms with E-state index in [1.807, 2.05) is 38.1 Å². The van der Waals surface area contributed by atoms with Crippen LogP contribution in [0.15, 0.2) is 30.3 Å². The molecule has 3 N–H and O–H groups in total. The number of nitrogens with one attached hydrogen (secondary N) is 1. The van der Waals surface area contributed by atoms with Crippen LogP contribution in [-0.2, 0) is 0 Å². The average molecular weight is 256 g/mol. The third-order valence-electron chi connectivity index (χ3n) is 2.66. The van der Waals surface area contributed by atoms with Crippen LogP contribution < -0.4 is 11.1 Å². The van der Waals surface area contributed by atoms with E-state index in [2.05, 4.69) is 15.3 Å². The van der Waals surface area contributed by atoms with Crippen LogP contribution in [0.1, 0.15) is 23.0 Å². The fraction of sp³-hybridized carbons (Fsp3) is 0.214. The van der Waals surface area contributed by atoms with Crippen LogP contribution in [0, 0.1) is 6.92 Å². The van der Waals surface area contributed by atoms with Crippen molar-refractivity contribution in [3.8, 4) is 11.3 Å². The van der Waals surface area contributed by atoms with E-state index in [9.17, 15) is 4.79 Å². The molecule has 1 aromatic carbocycles. The fourth-order valence-corrected chi connectivity index (χ4v) is 1.71. The Morgan fingerprint density at radius 1 is 1.26 bits per heavy atom. The quantitative estimate of drug-likeness (QED) is 0.877. The van der Waals surface area contributed by atoms with Gasteiger partial charge in [0, 0.05) is 12.1 Å². The molecule has 0 saturated carbocycles. The van der Waals surface area contributed by atoms with E-state index >= 15 is 0 Å². The van der Waals surface area contributed by atoms with Crippen molar-refractivity contribution in [2.45, 2.75) is 13.8 Å². The topological polar surface area (TPSA) is 80.9 Å². The standard InChI is InChI=1S/C14H16N4O/c1-3-16-13(19)12-8-11(17-14(15)18-12)10-6-4-9(2)5-7-10/h4-8H,3H2,1-2H3,(H,16,19)(H2,15,17,18). The number of rotatable bonds is 3. The Morgan fingerprint density at radius 2 is 1.95 bits per heavy atom. The lowest BCUT2D eigenvalue weighted by Gasteiger charge is -2.06. The number of carbonyl (C=O) groups excluding carboxylic acids is 1. The predicted molar refractivity (Wildman–Crippen MR) is 74.6 cm³/mol. The summed E-state index contributed by atoms with van der Waals surface area (Å²) in [5.74, 6) is -0.149. The number of hydrogen-bond donors (Lipinski definition) is 2. The second kappa shape index (κ2) is 5.48. The molecule has 0 aliphatic carbocycles. The summed E-state index contributed by atoms with van der Waals surface area (Å²) in [7, 11) is 0. The number of amides is 1. The largest absolute Gasteiger partial charge is 0.368 e. The Morgan fingerprint density at radius 3 is 2.58 bits per heavy atom. The number of anilines is 1. The first-order valence-electron chi connectivity index (χ1n) is 6.10. The Labute approximate surface area is 111 Å². The van der Waals surface area contributed by atoms with Gasteiger partial charge in [-0.15, -0.1) is 0 Å². The van der Waals surface area contributed by atoms with Crippen LogP contribution >= 0.6 is 0 Å². The molecule has 1 amide bonds. The number of benzene rings is 1. The molecule has 0 radical (unpaired) electrons. The number of carbonyl (C=O) groups is 1. The lowest BCUT2D eigenvalue weighted by atomic mass is 10.1. The first-order chi connectivity index (χ1) is 9.10. The highest BCUT2D eigenvalue weighted by Crippen LogP contribution is 2.19. The van der Waals surface area contributed by atoms with Crippen molar-refractivity contribution in [2.24, 2.45) is 0 Å². The summed E-state index contributed by atoms with van der Waals surface area (Å²) >= 11 is 0. The lowest BCUT2D eigenvalue weighted by molar-refractivity contribution is 0.0951. The van der Waals surface area contributed by atoms with Crippen LogP contribution in [0.25, 0.3) is 11.3 Å². The number of nitrogens with two attached hydrogens (primary N) is 1. The van der Waals surface area contributed by atoms with Gasteiger partial charge < -0.3 is 11.1 Å². The average Bonchev–Trinajstić information content (AvgIpc) is 2.39. The molecule has 2 aromatic rings. The molecule has 1 heterocycles. The van der Waals surface area contributed by atoms with Crippen molar-refractivity contribution >= 4 is 11.9 Å². The Bertz CT molecular complexity index is 593. The first kappa shape index (κ1) is 13.0. The molecule has 1 aromatic heterocycles. The number of hydrogen-bond acceptors (Lipinski definition) is 4. The molecule has 0 aliphatic rings. The zero-order valence-corrected chi connectivity index (χ0v) is 11.0. The van der Waals surface area contributed by atoms with Crippen molar-refractivity contribution in [2.75, 3.05) is 12.3 Å². The molecule has 98 valence electrons. The van der Waals surface area contributed by atoms with E-state index in [-0.39, 0.29) is 17.5 Å². The summed E-state index contributed by atoms with van der Waals surface area (Å²) < 4.78 is 0. The molecule has 0 atom stereocenters. The summed E-state index contributed by atoms with van der Waals surface area (Å²) in [6.07, 6.45) is 0. The SMILES string of the molecule is CCNC(=O)c1cc(-c2ccc(C)cc2)nc(N)n1. The molecule has 5 heteroatoms. The van der Waals surface area contributed by atoms with Crippen LogP contribution in [0.2, 0.25) is 0 Å². The van der Waals surface area contributed by atoms with E-state index in [0.717, 1.165) is 11.1 Å². The van der Waals surface area contributed by atoms with E-state index < -0.39 is 0 Å². The highest BCUT2D eigenvalue weighted by Gasteiger charge is 2.10. The Kier molecular flexibility index (Phi) is 3.75. The van der Waals surface area contributed by atoms with Gasteiger partial charge in [0.2, 0.25) is 5.95 Å². The highest BCUT2D eigenvalue weighted by atomic mass is 16.1. The van der Waals surface area contributed by atoms with Crippen molar-refractivity contribution in [1.82, 2.24) is 15.3 Å². The van der Waals surface area contributed by atoms with Gasteiger partial charge in [0.05, 0.1) is 5.69 Å². The fourth-order valence-electron chi connectivity index (χ4n) is 1.71. The minimum atomic E-state index is -0.245. The van der Waals surface area contributed by atoms with Crippen molar-refractivity contribution in [3.05, 3.63) is 41.6 Å². The highest BCUT2D eigenvalue weighted by molar-refractivity contribution is 5.93. The smallest absolute Gasteiger partial charge is 0.270 e. The van der Waals surface area contributed by atoms with Gasteiger partial charge in [-0.2, -0.15) is 0 Å². The van der Waals surface area contributed by atoms with Gasteiger partial charge in [0.1, 0.15) is 5.69 Å². The maximum Gasteiger partial charge on any atom is 0.270 e. The zero-order valence-electron chi connectivity index (χ0n) is 11.0. The summed E-state index contributed by atoms with van der Waals surface area (Å²) in [5, 5.41) is 2.69. The van der Waals surface area contributed by atoms with Crippen molar-refractivity contribution < 1.29 is 4.79 Å². The Balaban J connectivity index is 2.41. The van der Waals surface area contributed by atoms with Gasteiger partial charge in [-0.25, -0.2) is 9.97 Å². The second-order valence-corrected chi connectivity index (χ2v) is 4.22. The number of aromatic nitrogens is 2. The third kappa shape index (κ3) is 3.07. The summed E-state index contributed by atoms with van der Waals surface area (Å²) in [6, 6.07) is 9.50. The monoisotopic (exact) mass is 256 g/mol. The van der Waals surface area contributed by atoms with Gasteiger partial charge in [-0.3, -0.25) is 4.79 Å². The summed E-state index contributed by atoms with van der Waals surface area (Å²) in [4.78, 5) is 19.9. The van der Waals surface area contributed by atoms with Crippen molar-refractivity contribution in [3.63, 3.8) is 0 Å². The normalized spacial score (nSPS) is 10.2. The van der Waals surface area contributed by atoms with E-state index in [4.69, 9.17) is 5.73 Å². The van der Waals surface area contributed by atoms with Gasteiger partial charge in [-0.05, 0) is 19.9 Å².